The van der Waals surface area contributed by atoms with Crippen molar-refractivity contribution in [2.24, 2.45) is 0 Å². The number of thiazole rings is 2. The molecular weight excluding hydrogens is 346 g/mol. The van der Waals surface area contributed by atoms with Gasteiger partial charge in [0.1, 0.15) is 5.01 Å². The highest BCUT2D eigenvalue weighted by molar-refractivity contribution is 7.19. The van der Waals surface area contributed by atoms with Crippen molar-refractivity contribution < 1.29 is 9.34 Å². The minimum Gasteiger partial charge on any atom is -0.462 e. The van der Waals surface area contributed by atoms with E-state index in [9.17, 15) is 10.1 Å². The van der Waals surface area contributed by atoms with E-state index in [1.807, 2.05) is 29.7 Å². The number of aromatic nitrogens is 2. The number of benzene rings is 1. The van der Waals surface area contributed by atoms with E-state index in [1.165, 1.54) is 34.8 Å². The molecule has 4 aromatic rings. The minimum atomic E-state index is -0.417. The molecule has 0 fully saturated rings. The van der Waals surface area contributed by atoms with Crippen molar-refractivity contribution in [3.63, 3.8) is 0 Å². The molecule has 3 aromatic heterocycles. The van der Waals surface area contributed by atoms with Gasteiger partial charge >= 0.3 is 0 Å². The molecule has 0 aliphatic carbocycles. The molecule has 4 rings (SSSR count). The largest absolute Gasteiger partial charge is 0.462 e. The second kappa shape index (κ2) is 5.99. The summed E-state index contributed by atoms with van der Waals surface area (Å²) in [5.74, 6) is 0.743. The van der Waals surface area contributed by atoms with Gasteiger partial charge in [-0.05, 0) is 30.4 Å². The summed E-state index contributed by atoms with van der Waals surface area (Å²) < 4.78 is 6.24. The van der Waals surface area contributed by atoms with Crippen LogP contribution in [0.4, 0.5) is 5.69 Å². The van der Waals surface area contributed by atoms with Crippen molar-refractivity contribution in [3.8, 4) is 10.8 Å². The SMILES string of the molecule is O=[N+]([O-])c1ccc2sc(C=Cc3csc(-c4ccco4)n3)nc2c1. The number of fused-ring (bicyclic) bond motifs is 1. The third kappa shape index (κ3) is 2.84. The lowest BCUT2D eigenvalue weighted by Gasteiger charge is -1.89. The normalized spacial score (nSPS) is 11.5. The molecule has 0 saturated carbocycles. The van der Waals surface area contributed by atoms with Crippen LogP contribution in [0.3, 0.4) is 0 Å². The van der Waals surface area contributed by atoms with Crippen LogP contribution in [0.5, 0.6) is 0 Å². The number of non-ortho nitro benzene ring substituents is 1. The zero-order chi connectivity index (χ0) is 16.5. The molecule has 118 valence electrons. The van der Waals surface area contributed by atoms with E-state index in [1.54, 1.807) is 12.3 Å². The molecule has 0 aliphatic heterocycles. The topological polar surface area (TPSA) is 82.1 Å². The van der Waals surface area contributed by atoms with Crippen LogP contribution in [-0.4, -0.2) is 14.9 Å². The second-order valence-electron chi connectivity index (χ2n) is 4.85. The van der Waals surface area contributed by atoms with Gasteiger partial charge in [0, 0.05) is 17.5 Å². The lowest BCUT2D eigenvalue weighted by atomic mass is 10.3. The van der Waals surface area contributed by atoms with Gasteiger partial charge in [-0.1, -0.05) is 0 Å². The molecule has 0 N–H and O–H groups in total. The second-order valence-corrected chi connectivity index (χ2v) is 6.77. The Morgan fingerprint density at radius 2 is 2.12 bits per heavy atom. The zero-order valence-corrected chi connectivity index (χ0v) is 13.7. The first kappa shape index (κ1) is 14.7. The van der Waals surface area contributed by atoms with Gasteiger partial charge in [0.2, 0.25) is 0 Å². The third-order valence-electron chi connectivity index (χ3n) is 3.25. The number of nitro benzene ring substituents is 1. The molecule has 24 heavy (non-hydrogen) atoms. The number of rotatable bonds is 4. The van der Waals surface area contributed by atoms with Gasteiger partial charge in [0.05, 0.1) is 27.1 Å². The molecule has 0 radical (unpaired) electrons. The predicted octanol–water partition coefficient (Wildman–Crippen LogP) is 5.09. The van der Waals surface area contributed by atoms with Crippen LogP contribution in [0.2, 0.25) is 0 Å². The first-order valence-corrected chi connectivity index (χ1v) is 8.61. The minimum absolute atomic E-state index is 0.0471. The molecule has 3 heterocycles. The fourth-order valence-electron chi connectivity index (χ4n) is 2.15. The maximum Gasteiger partial charge on any atom is 0.271 e. The Labute approximate surface area is 143 Å². The van der Waals surface area contributed by atoms with E-state index in [4.69, 9.17) is 4.42 Å². The van der Waals surface area contributed by atoms with E-state index in [2.05, 4.69) is 9.97 Å². The lowest BCUT2D eigenvalue weighted by molar-refractivity contribution is -0.384. The van der Waals surface area contributed by atoms with E-state index in [-0.39, 0.29) is 5.69 Å². The number of furan rings is 1. The Bertz CT molecular complexity index is 1050. The summed E-state index contributed by atoms with van der Waals surface area (Å²) in [7, 11) is 0. The maximum absolute atomic E-state index is 10.8. The smallest absolute Gasteiger partial charge is 0.271 e. The highest BCUT2D eigenvalue weighted by Gasteiger charge is 2.09. The summed E-state index contributed by atoms with van der Waals surface area (Å²) in [6.07, 6.45) is 5.35. The molecule has 0 amide bonds. The maximum atomic E-state index is 10.8. The standard InChI is InChI=1S/C16H9N3O3S2/c20-19(21)11-4-5-14-12(8-11)18-15(24-14)6-3-10-9-23-16(17-10)13-2-1-7-22-13/h1-9H. The van der Waals surface area contributed by atoms with Gasteiger partial charge in [-0.25, -0.2) is 9.97 Å². The molecule has 0 atom stereocenters. The van der Waals surface area contributed by atoms with Crippen molar-refractivity contribution in [2.45, 2.75) is 0 Å². The number of nitro groups is 1. The number of hydrogen-bond donors (Lipinski definition) is 0. The van der Waals surface area contributed by atoms with Crippen molar-refractivity contribution in [3.05, 3.63) is 62.8 Å². The van der Waals surface area contributed by atoms with Crippen LogP contribution in [-0.2, 0) is 0 Å². The van der Waals surface area contributed by atoms with E-state index in [0.717, 1.165) is 26.2 Å². The third-order valence-corrected chi connectivity index (χ3v) is 5.13. The summed E-state index contributed by atoms with van der Waals surface area (Å²) in [4.78, 5) is 19.3. The Balaban J connectivity index is 1.59. The fraction of sp³-hybridized carbons (Fsp3) is 0. The summed E-state index contributed by atoms with van der Waals surface area (Å²) in [5, 5.41) is 14.3. The Kier molecular flexibility index (Phi) is 3.68. The summed E-state index contributed by atoms with van der Waals surface area (Å²) in [6.45, 7) is 0. The monoisotopic (exact) mass is 355 g/mol. The average Bonchev–Trinajstić information content (AvgIpc) is 3.30. The fourth-order valence-corrected chi connectivity index (χ4v) is 3.76. The van der Waals surface area contributed by atoms with Gasteiger partial charge in [-0.2, -0.15) is 0 Å². The summed E-state index contributed by atoms with van der Waals surface area (Å²) in [5.41, 5.74) is 1.49. The lowest BCUT2D eigenvalue weighted by Crippen LogP contribution is -1.86. The summed E-state index contributed by atoms with van der Waals surface area (Å²) in [6, 6.07) is 8.39. The molecule has 6 nitrogen and oxygen atoms in total. The molecule has 0 unspecified atom stereocenters. The highest BCUT2D eigenvalue weighted by Crippen LogP contribution is 2.28. The van der Waals surface area contributed by atoms with Gasteiger partial charge in [-0.3, -0.25) is 10.1 Å². The van der Waals surface area contributed by atoms with Crippen LogP contribution < -0.4 is 0 Å². The first-order chi connectivity index (χ1) is 11.7. The molecule has 8 heteroatoms. The number of nitrogens with zero attached hydrogens (tertiary/aromatic N) is 3. The Morgan fingerprint density at radius 1 is 1.21 bits per heavy atom. The zero-order valence-electron chi connectivity index (χ0n) is 12.1. The van der Waals surface area contributed by atoms with Crippen molar-refractivity contribution in [2.75, 3.05) is 0 Å². The van der Waals surface area contributed by atoms with Crippen LogP contribution in [0, 0.1) is 10.1 Å². The quantitative estimate of drug-likeness (QED) is 0.376. The van der Waals surface area contributed by atoms with Crippen LogP contribution in [0.1, 0.15) is 10.7 Å². The van der Waals surface area contributed by atoms with E-state index >= 15 is 0 Å². The van der Waals surface area contributed by atoms with Crippen molar-refractivity contribution in [1.29, 1.82) is 0 Å². The van der Waals surface area contributed by atoms with Gasteiger partial charge < -0.3 is 4.42 Å². The van der Waals surface area contributed by atoms with Crippen molar-refractivity contribution in [1.82, 2.24) is 9.97 Å². The van der Waals surface area contributed by atoms with Gasteiger partial charge in [0.15, 0.2) is 10.8 Å². The van der Waals surface area contributed by atoms with Crippen LogP contribution in [0.25, 0.3) is 33.1 Å². The number of hydrogen-bond acceptors (Lipinski definition) is 7. The Morgan fingerprint density at radius 3 is 2.92 bits per heavy atom. The molecule has 1 aromatic carbocycles. The average molecular weight is 355 g/mol. The molecule has 0 bridgehead atoms. The molecule has 0 aliphatic rings. The first-order valence-electron chi connectivity index (χ1n) is 6.91. The van der Waals surface area contributed by atoms with Gasteiger partial charge in [0.25, 0.3) is 5.69 Å². The predicted molar refractivity (Wildman–Crippen MR) is 95.0 cm³/mol. The van der Waals surface area contributed by atoms with E-state index < -0.39 is 4.92 Å². The van der Waals surface area contributed by atoms with Crippen LogP contribution >= 0.6 is 22.7 Å². The molecular formula is C16H9N3O3S2. The van der Waals surface area contributed by atoms with Crippen molar-refractivity contribution >= 4 is 50.7 Å². The molecule has 0 saturated heterocycles. The molecule has 0 spiro atoms. The Hall–Kier alpha value is -2.84. The summed E-state index contributed by atoms with van der Waals surface area (Å²) >= 11 is 2.98. The van der Waals surface area contributed by atoms with E-state index in [0.29, 0.717) is 5.52 Å². The van der Waals surface area contributed by atoms with Gasteiger partial charge in [-0.15, -0.1) is 22.7 Å². The van der Waals surface area contributed by atoms with Crippen LogP contribution in [0.15, 0.2) is 46.4 Å². The highest BCUT2D eigenvalue weighted by atomic mass is 32.1.